The molecule has 1 aliphatic rings. The van der Waals surface area contributed by atoms with Crippen LogP contribution >= 0.6 is 0 Å². The Bertz CT molecular complexity index is 389. The highest BCUT2D eigenvalue weighted by molar-refractivity contribution is 5.69. The molecule has 1 heteroatoms. The molecule has 2 rings (SSSR count). The highest BCUT2D eigenvalue weighted by Gasteiger charge is 2.39. The quantitative estimate of drug-likeness (QED) is 0.556. The minimum absolute atomic E-state index is 0.344. The summed E-state index contributed by atoms with van der Waals surface area (Å²) in [5.41, 5.74) is 0.815. The summed E-state index contributed by atoms with van der Waals surface area (Å²) in [7, 11) is 0. The molecule has 0 spiro atoms. The van der Waals surface area contributed by atoms with Crippen LogP contribution in [0.1, 0.15) is 44.1 Å². The number of rotatable bonds is 5. The summed E-state index contributed by atoms with van der Waals surface area (Å²) >= 11 is 0. The Labute approximate surface area is 110 Å². The Kier molecular flexibility index (Phi) is 4.35. The normalized spacial score (nSPS) is 20.0. The number of allylic oxidation sites excluding steroid dienone is 1. The largest absolute Gasteiger partial charge is 0.302 e. The van der Waals surface area contributed by atoms with Gasteiger partial charge in [-0.1, -0.05) is 55.7 Å². The fourth-order valence-electron chi connectivity index (χ4n) is 3.34. The van der Waals surface area contributed by atoms with Gasteiger partial charge >= 0.3 is 0 Å². The van der Waals surface area contributed by atoms with Gasteiger partial charge in [-0.05, 0) is 30.7 Å². The molecule has 18 heavy (non-hydrogen) atoms. The second kappa shape index (κ2) is 5.99. The van der Waals surface area contributed by atoms with Crippen molar-refractivity contribution in [2.45, 2.75) is 43.9 Å². The lowest BCUT2D eigenvalue weighted by Crippen LogP contribution is -2.37. The van der Waals surface area contributed by atoms with E-state index in [0.717, 1.165) is 12.0 Å². The molecule has 0 amide bonds. The predicted octanol–water partition coefficient (Wildman–Crippen LogP) is 4.28. The van der Waals surface area contributed by atoms with Crippen molar-refractivity contribution < 1.29 is 4.79 Å². The zero-order valence-corrected chi connectivity index (χ0v) is 11.0. The van der Waals surface area contributed by atoms with E-state index < -0.39 is 0 Å². The zero-order valence-electron chi connectivity index (χ0n) is 11.0. The average molecular weight is 242 g/mol. The number of carbonyl (C=O) groups is 1. The van der Waals surface area contributed by atoms with E-state index in [9.17, 15) is 4.79 Å². The first kappa shape index (κ1) is 13.1. The smallest absolute Gasteiger partial charge is 0.131 e. The molecule has 0 saturated heterocycles. The molecule has 0 N–H and O–H groups in total. The first-order chi connectivity index (χ1) is 8.83. The number of aldehydes is 1. The van der Waals surface area contributed by atoms with Crippen LogP contribution in [0.2, 0.25) is 0 Å². The van der Waals surface area contributed by atoms with Crippen molar-refractivity contribution in [2.75, 3.05) is 0 Å². The fraction of sp³-hybridized carbons (Fsp3) is 0.471. The summed E-state index contributed by atoms with van der Waals surface area (Å²) in [4.78, 5) is 11.9. The van der Waals surface area contributed by atoms with Crippen LogP contribution in [0.3, 0.4) is 0 Å². The van der Waals surface area contributed by atoms with E-state index >= 15 is 0 Å². The van der Waals surface area contributed by atoms with Gasteiger partial charge in [0.15, 0.2) is 0 Å². The van der Waals surface area contributed by atoms with Crippen LogP contribution in [-0.4, -0.2) is 6.29 Å². The van der Waals surface area contributed by atoms with Gasteiger partial charge in [0.25, 0.3) is 0 Å². The second-order valence-corrected chi connectivity index (χ2v) is 5.35. The first-order valence-corrected chi connectivity index (χ1v) is 6.96. The molecule has 1 saturated carbocycles. The molecular formula is C17H22O. The van der Waals surface area contributed by atoms with Gasteiger partial charge in [0.05, 0.1) is 5.41 Å². The minimum Gasteiger partial charge on any atom is -0.302 e. The van der Waals surface area contributed by atoms with Crippen LogP contribution in [0.5, 0.6) is 0 Å². The van der Waals surface area contributed by atoms with E-state index in [2.05, 4.69) is 18.7 Å². The van der Waals surface area contributed by atoms with E-state index in [0.29, 0.717) is 5.92 Å². The van der Waals surface area contributed by atoms with Gasteiger partial charge in [-0.3, -0.25) is 0 Å². The Hall–Kier alpha value is -1.37. The molecule has 0 aromatic heterocycles. The van der Waals surface area contributed by atoms with Crippen LogP contribution in [0.15, 0.2) is 43.0 Å². The van der Waals surface area contributed by atoms with Gasteiger partial charge in [0.1, 0.15) is 6.29 Å². The second-order valence-electron chi connectivity index (χ2n) is 5.35. The molecule has 0 aliphatic heterocycles. The van der Waals surface area contributed by atoms with E-state index in [1.807, 2.05) is 24.3 Å². The Balaban J connectivity index is 2.38. The minimum atomic E-state index is -0.344. The van der Waals surface area contributed by atoms with Crippen LogP contribution in [0, 0.1) is 5.92 Å². The summed E-state index contributed by atoms with van der Waals surface area (Å²) in [5, 5.41) is 0. The Morgan fingerprint density at radius 3 is 2.39 bits per heavy atom. The Morgan fingerprint density at radius 1 is 1.17 bits per heavy atom. The SMILES string of the molecule is C=CC[C@@](C=O)(c1ccccc1)C1CCCCC1. The third kappa shape index (κ3) is 2.40. The van der Waals surface area contributed by atoms with Crippen LogP contribution in [0.4, 0.5) is 0 Å². The van der Waals surface area contributed by atoms with Gasteiger partial charge in [-0.2, -0.15) is 0 Å². The highest BCUT2D eigenvalue weighted by atomic mass is 16.1. The average Bonchev–Trinajstić information content (AvgIpc) is 2.47. The maximum atomic E-state index is 11.9. The molecule has 1 fully saturated rings. The lowest BCUT2D eigenvalue weighted by Gasteiger charge is -2.38. The van der Waals surface area contributed by atoms with E-state index in [1.54, 1.807) is 0 Å². The van der Waals surface area contributed by atoms with E-state index in [1.165, 1.54) is 38.4 Å². The summed E-state index contributed by atoms with van der Waals surface area (Å²) in [6.45, 7) is 3.85. The predicted molar refractivity (Wildman–Crippen MR) is 75.6 cm³/mol. The lowest BCUT2D eigenvalue weighted by molar-refractivity contribution is -0.114. The maximum Gasteiger partial charge on any atom is 0.131 e. The molecule has 1 nitrogen and oxygen atoms in total. The van der Waals surface area contributed by atoms with Gasteiger partial charge in [-0.15, -0.1) is 6.58 Å². The van der Waals surface area contributed by atoms with Gasteiger partial charge < -0.3 is 4.79 Å². The molecule has 0 heterocycles. The van der Waals surface area contributed by atoms with Gasteiger partial charge in [0, 0.05) is 0 Å². The zero-order chi connectivity index (χ0) is 12.8. The number of hydrogen-bond acceptors (Lipinski definition) is 1. The topological polar surface area (TPSA) is 17.1 Å². The number of benzene rings is 1. The standard InChI is InChI=1S/C17H22O/c1-2-13-17(14-18,15-9-5-3-6-10-15)16-11-7-4-8-12-16/h2-3,5-6,9-10,14,16H,1,4,7-8,11-13H2/t17-/m1/s1. The van der Waals surface area contributed by atoms with Crippen molar-refractivity contribution in [3.63, 3.8) is 0 Å². The third-order valence-corrected chi connectivity index (χ3v) is 4.34. The monoisotopic (exact) mass is 242 g/mol. The maximum absolute atomic E-state index is 11.9. The van der Waals surface area contributed by atoms with Crippen LogP contribution in [0.25, 0.3) is 0 Å². The van der Waals surface area contributed by atoms with Crippen molar-refractivity contribution in [1.82, 2.24) is 0 Å². The molecular weight excluding hydrogens is 220 g/mol. The number of hydrogen-bond donors (Lipinski definition) is 0. The summed E-state index contributed by atoms with van der Waals surface area (Å²) in [6, 6.07) is 10.2. The van der Waals surface area contributed by atoms with E-state index in [-0.39, 0.29) is 5.41 Å². The summed E-state index contributed by atoms with van der Waals surface area (Å²) < 4.78 is 0. The fourth-order valence-corrected chi connectivity index (χ4v) is 3.34. The van der Waals surface area contributed by atoms with Gasteiger partial charge in [0.2, 0.25) is 0 Å². The summed E-state index contributed by atoms with van der Waals surface area (Å²) in [5.74, 6) is 0.476. The van der Waals surface area contributed by atoms with E-state index in [4.69, 9.17) is 0 Å². The van der Waals surface area contributed by atoms with Crippen molar-refractivity contribution in [3.05, 3.63) is 48.6 Å². The van der Waals surface area contributed by atoms with Crippen LogP contribution < -0.4 is 0 Å². The highest BCUT2D eigenvalue weighted by Crippen LogP contribution is 2.42. The van der Waals surface area contributed by atoms with Crippen LogP contribution in [-0.2, 0) is 10.2 Å². The van der Waals surface area contributed by atoms with Crippen molar-refractivity contribution in [1.29, 1.82) is 0 Å². The lowest BCUT2D eigenvalue weighted by atomic mass is 9.64. The van der Waals surface area contributed by atoms with Gasteiger partial charge in [-0.25, -0.2) is 0 Å². The summed E-state index contributed by atoms with van der Waals surface area (Å²) in [6.07, 6.45) is 9.99. The molecule has 96 valence electrons. The third-order valence-electron chi connectivity index (χ3n) is 4.34. The molecule has 1 atom stereocenters. The molecule has 1 aromatic rings. The molecule has 0 unspecified atom stereocenters. The van der Waals surface area contributed by atoms with Crippen molar-refractivity contribution in [3.8, 4) is 0 Å². The molecule has 1 aliphatic carbocycles. The Morgan fingerprint density at radius 2 is 1.83 bits per heavy atom. The molecule has 1 aromatic carbocycles. The first-order valence-electron chi connectivity index (χ1n) is 6.96. The molecule has 0 bridgehead atoms. The van der Waals surface area contributed by atoms with Crippen molar-refractivity contribution >= 4 is 6.29 Å². The van der Waals surface area contributed by atoms with Crippen molar-refractivity contribution in [2.24, 2.45) is 5.92 Å². The molecule has 0 radical (unpaired) electrons. The number of carbonyl (C=O) groups excluding carboxylic acids is 1.